The van der Waals surface area contributed by atoms with E-state index in [2.05, 4.69) is 19.9 Å². The van der Waals surface area contributed by atoms with E-state index in [4.69, 9.17) is 28.4 Å². The Balaban J connectivity index is 1.37. The molecule has 1 saturated carbocycles. The van der Waals surface area contributed by atoms with Crippen molar-refractivity contribution in [1.29, 1.82) is 0 Å². The highest BCUT2D eigenvalue weighted by Crippen LogP contribution is 2.72. The number of hydrogen-bond acceptors (Lipinski definition) is 8. The molecule has 0 aromatic carbocycles. The summed E-state index contributed by atoms with van der Waals surface area (Å²) in [6, 6.07) is 0. The van der Waals surface area contributed by atoms with Gasteiger partial charge in [-0.2, -0.15) is 0 Å². The maximum absolute atomic E-state index is 13.0. The monoisotopic (exact) mass is 512 g/mol. The van der Waals surface area contributed by atoms with Crippen LogP contribution in [0.2, 0.25) is 0 Å². The van der Waals surface area contributed by atoms with Gasteiger partial charge in [-0.15, -0.1) is 0 Å². The molecule has 9 unspecified atom stereocenters. The number of carbonyl (C=O) groups excluding carboxylic acids is 2. The van der Waals surface area contributed by atoms with E-state index in [1.807, 2.05) is 19.9 Å². The van der Waals surface area contributed by atoms with Crippen LogP contribution in [0.25, 0.3) is 0 Å². The number of epoxide rings is 1. The predicted molar refractivity (Wildman–Crippen MR) is 132 cm³/mol. The van der Waals surface area contributed by atoms with E-state index in [0.29, 0.717) is 19.4 Å². The molecule has 2 aliphatic carbocycles. The largest absolute Gasteiger partial charge is 0.462 e. The van der Waals surface area contributed by atoms with Crippen LogP contribution in [0.4, 0.5) is 0 Å². The number of ether oxygens (including phenoxy) is 6. The van der Waals surface area contributed by atoms with E-state index in [1.165, 1.54) is 17.7 Å². The van der Waals surface area contributed by atoms with Gasteiger partial charge >= 0.3 is 11.9 Å². The quantitative estimate of drug-likeness (QED) is 0.276. The minimum atomic E-state index is -0.590. The van der Waals surface area contributed by atoms with Gasteiger partial charge in [0.05, 0.1) is 30.3 Å². The van der Waals surface area contributed by atoms with E-state index in [-0.39, 0.29) is 31.0 Å². The molecule has 4 bridgehead atoms. The van der Waals surface area contributed by atoms with Gasteiger partial charge in [-0.05, 0) is 33.6 Å². The van der Waals surface area contributed by atoms with Crippen LogP contribution in [0.5, 0.6) is 0 Å². The Kier molecular flexibility index (Phi) is 6.02. The predicted octanol–water partition coefficient (Wildman–Crippen LogP) is 3.71. The molecule has 9 atom stereocenters. The van der Waals surface area contributed by atoms with Crippen LogP contribution in [-0.2, 0) is 38.0 Å². The van der Waals surface area contributed by atoms with Crippen LogP contribution in [0.3, 0.4) is 0 Å². The van der Waals surface area contributed by atoms with Crippen LogP contribution in [-0.4, -0.2) is 67.6 Å². The minimum absolute atomic E-state index is 0.147. The third kappa shape index (κ3) is 3.87. The first-order chi connectivity index (χ1) is 17.7. The van der Waals surface area contributed by atoms with Gasteiger partial charge in [0.1, 0.15) is 24.4 Å². The van der Waals surface area contributed by atoms with Gasteiger partial charge in [0.15, 0.2) is 6.29 Å². The molecule has 8 nitrogen and oxygen atoms in total. The minimum Gasteiger partial charge on any atom is -0.462 e. The number of rotatable bonds is 0. The second-order valence-corrected chi connectivity index (χ2v) is 11.7. The molecule has 0 amide bonds. The first kappa shape index (κ1) is 25.0. The zero-order valence-corrected chi connectivity index (χ0v) is 21.9. The number of fused-ring (bicyclic) bond motifs is 2. The van der Waals surface area contributed by atoms with Crippen LogP contribution >= 0.6 is 0 Å². The van der Waals surface area contributed by atoms with Crippen molar-refractivity contribution in [3.05, 3.63) is 47.6 Å². The summed E-state index contributed by atoms with van der Waals surface area (Å²) in [5.41, 5.74) is 0.362. The first-order valence-electron chi connectivity index (χ1n) is 13.3. The first-order valence-corrected chi connectivity index (χ1v) is 13.3. The summed E-state index contributed by atoms with van der Waals surface area (Å²) in [5.74, 6) is -0.828. The van der Waals surface area contributed by atoms with Crippen molar-refractivity contribution in [2.45, 2.75) is 95.8 Å². The normalized spacial score (nSPS) is 49.1. The molecule has 8 heteroatoms. The van der Waals surface area contributed by atoms with Crippen molar-refractivity contribution in [1.82, 2.24) is 0 Å². The van der Waals surface area contributed by atoms with Gasteiger partial charge in [-0.3, -0.25) is 0 Å². The Morgan fingerprint density at radius 3 is 2.57 bits per heavy atom. The molecule has 4 aliphatic heterocycles. The van der Waals surface area contributed by atoms with Gasteiger partial charge in [0.2, 0.25) is 0 Å². The van der Waals surface area contributed by atoms with Gasteiger partial charge in [0, 0.05) is 30.4 Å². The molecule has 200 valence electrons. The lowest BCUT2D eigenvalue weighted by Gasteiger charge is -2.58. The highest BCUT2D eigenvalue weighted by Gasteiger charge is 2.83. The van der Waals surface area contributed by atoms with Crippen LogP contribution in [0.15, 0.2) is 47.6 Å². The van der Waals surface area contributed by atoms with Crippen LogP contribution in [0, 0.1) is 10.8 Å². The second kappa shape index (κ2) is 8.90. The summed E-state index contributed by atoms with van der Waals surface area (Å²) in [6.07, 6.45) is 11.3. The van der Waals surface area contributed by atoms with Gasteiger partial charge in [-0.1, -0.05) is 42.4 Å². The average Bonchev–Trinajstić information content (AvgIpc) is 3.54. The third-order valence-corrected chi connectivity index (χ3v) is 9.58. The summed E-state index contributed by atoms with van der Waals surface area (Å²) in [7, 11) is 0. The molecular formula is C29H36O8. The number of allylic oxidation sites excluding steroid dienone is 3. The molecule has 37 heavy (non-hydrogen) atoms. The highest BCUT2D eigenvalue weighted by atomic mass is 16.7. The van der Waals surface area contributed by atoms with Crippen molar-refractivity contribution >= 4 is 11.9 Å². The Hall–Kier alpha value is -2.26. The topological polar surface area (TPSA) is 92.8 Å². The fraction of sp³-hybridized carbons (Fsp3) is 0.655. The van der Waals surface area contributed by atoms with Crippen LogP contribution in [0.1, 0.15) is 53.4 Å². The lowest BCUT2D eigenvalue weighted by Crippen LogP contribution is -2.66. The van der Waals surface area contributed by atoms with Crippen LogP contribution < -0.4 is 0 Å². The molecule has 0 N–H and O–H groups in total. The van der Waals surface area contributed by atoms with Crippen molar-refractivity contribution in [2.75, 3.05) is 13.2 Å². The number of esters is 2. The van der Waals surface area contributed by atoms with E-state index < -0.39 is 40.8 Å². The fourth-order valence-corrected chi connectivity index (χ4v) is 7.32. The summed E-state index contributed by atoms with van der Waals surface area (Å²) >= 11 is 0. The summed E-state index contributed by atoms with van der Waals surface area (Å²) in [4.78, 5) is 26.0. The second-order valence-electron chi connectivity index (χ2n) is 11.7. The highest BCUT2D eigenvalue weighted by molar-refractivity contribution is 5.83. The van der Waals surface area contributed by atoms with E-state index in [1.54, 1.807) is 12.2 Å². The molecule has 0 aromatic rings. The van der Waals surface area contributed by atoms with E-state index in [9.17, 15) is 9.59 Å². The smallest absolute Gasteiger partial charge is 0.331 e. The number of hydrogen-bond donors (Lipinski definition) is 0. The Morgan fingerprint density at radius 1 is 0.973 bits per heavy atom. The van der Waals surface area contributed by atoms with Gasteiger partial charge in [0.25, 0.3) is 0 Å². The Morgan fingerprint density at radius 2 is 1.78 bits per heavy atom. The molecular weight excluding hydrogens is 476 g/mol. The maximum atomic E-state index is 13.0. The Bertz CT molecular complexity index is 1100. The Labute approximate surface area is 217 Å². The molecule has 4 heterocycles. The maximum Gasteiger partial charge on any atom is 0.331 e. The van der Waals surface area contributed by atoms with Crippen molar-refractivity contribution < 1.29 is 38.0 Å². The molecule has 0 radical (unpaired) electrons. The number of cyclic esters (lactones) is 1. The molecule has 2 spiro atoms. The van der Waals surface area contributed by atoms with Gasteiger partial charge < -0.3 is 28.4 Å². The average molecular weight is 513 g/mol. The molecule has 4 fully saturated rings. The SMILES string of the molecule is CC1=CC2OC3CC4OC(=O)/C=C\C=C/C5OC(CC(C)=CC(=O)OCC2(CC1)C4(C)C31CO1)OC5C. The van der Waals surface area contributed by atoms with Crippen molar-refractivity contribution in [3.8, 4) is 0 Å². The summed E-state index contributed by atoms with van der Waals surface area (Å²) < 4.78 is 36.8. The number of carbonyl (C=O) groups is 2. The van der Waals surface area contributed by atoms with E-state index in [0.717, 1.165) is 18.4 Å². The standard InChI is InChI=1S/C29H36O8/c1-17-9-10-28-15-32-25(31)12-18(2)13-26-34-19(3)20(35-26)7-5-6-8-24(30)37-21-14-23(36-22(28)11-17)29(16-33-29)27(21,28)4/h5-8,11-12,19-23,26H,9-10,13-16H2,1-4H3/b7-5-,8-6-,18-12?. The fourth-order valence-electron chi connectivity index (χ4n) is 7.32. The van der Waals surface area contributed by atoms with Gasteiger partial charge in [-0.25, -0.2) is 9.59 Å². The zero-order valence-electron chi connectivity index (χ0n) is 21.9. The van der Waals surface area contributed by atoms with E-state index >= 15 is 0 Å². The lowest BCUT2D eigenvalue weighted by molar-refractivity contribution is -0.232. The molecule has 6 aliphatic rings. The van der Waals surface area contributed by atoms with Crippen molar-refractivity contribution in [3.63, 3.8) is 0 Å². The lowest BCUT2D eigenvalue weighted by atomic mass is 9.51. The molecule has 3 saturated heterocycles. The van der Waals surface area contributed by atoms with Crippen molar-refractivity contribution in [2.24, 2.45) is 10.8 Å². The molecule has 0 aromatic heterocycles. The molecule has 6 rings (SSSR count). The zero-order chi connectivity index (χ0) is 26.0. The third-order valence-electron chi connectivity index (χ3n) is 9.58. The summed E-state index contributed by atoms with van der Waals surface area (Å²) in [5, 5.41) is 0. The summed E-state index contributed by atoms with van der Waals surface area (Å²) in [6.45, 7) is 8.77.